The van der Waals surface area contributed by atoms with Gasteiger partial charge in [-0.15, -0.1) is 0 Å². The number of ether oxygens (including phenoxy) is 2. The molecule has 0 saturated heterocycles. The SMILES string of the molecule is Cc1[nH]nc(-c2ccc3c(c2)OCO3)c1NC(=O)c1ccc(Cl)cc1. The van der Waals surface area contributed by atoms with E-state index >= 15 is 0 Å². The van der Waals surface area contributed by atoms with Crippen LogP contribution in [0.4, 0.5) is 5.69 Å². The normalized spacial score (nSPS) is 12.2. The number of fused-ring (bicyclic) bond motifs is 1. The predicted molar refractivity (Wildman–Crippen MR) is 94.3 cm³/mol. The molecule has 3 aromatic rings. The Balaban J connectivity index is 1.66. The number of anilines is 1. The summed E-state index contributed by atoms with van der Waals surface area (Å²) in [5.74, 6) is 1.12. The molecule has 1 amide bonds. The average Bonchev–Trinajstić information content (AvgIpc) is 3.22. The molecule has 0 saturated carbocycles. The first-order valence-electron chi connectivity index (χ1n) is 7.64. The van der Waals surface area contributed by atoms with Gasteiger partial charge in [0.05, 0.1) is 11.4 Å². The zero-order valence-electron chi connectivity index (χ0n) is 13.3. The maximum atomic E-state index is 12.5. The molecule has 0 fully saturated rings. The van der Waals surface area contributed by atoms with Crippen molar-refractivity contribution in [3.63, 3.8) is 0 Å². The van der Waals surface area contributed by atoms with Crippen molar-refractivity contribution >= 4 is 23.2 Å². The molecule has 25 heavy (non-hydrogen) atoms. The van der Waals surface area contributed by atoms with Crippen molar-refractivity contribution in [3.05, 3.63) is 58.7 Å². The summed E-state index contributed by atoms with van der Waals surface area (Å²) in [5.41, 5.74) is 3.36. The number of benzene rings is 2. The van der Waals surface area contributed by atoms with Gasteiger partial charge in [0.25, 0.3) is 5.91 Å². The topological polar surface area (TPSA) is 76.2 Å². The molecule has 6 nitrogen and oxygen atoms in total. The molecule has 1 aromatic heterocycles. The smallest absolute Gasteiger partial charge is 0.255 e. The van der Waals surface area contributed by atoms with E-state index in [2.05, 4.69) is 15.5 Å². The van der Waals surface area contributed by atoms with Gasteiger partial charge in [0, 0.05) is 16.1 Å². The van der Waals surface area contributed by atoms with Crippen molar-refractivity contribution in [2.75, 3.05) is 12.1 Å². The summed E-state index contributed by atoms with van der Waals surface area (Å²) in [6.45, 7) is 2.06. The zero-order chi connectivity index (χ0) is 17.4. The lowest BCUT2D eigenvalue weighted by atomic mass is 10.1. The first-order valence-corrected chi connectivity index (χ1v) is 8.01. The van der Waals surface area contributed by atoms with E-state index in [1.807, 2.05) is 25.1 Å². The van der Waals surface area contributed by atoms with Crippen LogP contribution in [0.1, 0.15) is 16.1 Å². The van der Waals surface area contributed by atoms with Gasteiger partial charge in [0.15, 0.2) is 11.5 Å². The third-order valence-corrected chi connectivity index (χ3v) is 4.19. The first-order chi connectivity index (χ1) is 12.1. The van der Waals surface area contributed by atoms with Crippen LogP contribution in [0, 0.1) is 6.92 Å². The van der Waals surface area contributed by atoms with Crippen LogP contribution < -0.4 is 14.8 Å². The Bertz CT molecular complexity index is 951. The molecule has 7 heteroatoms. The maximum absolute atomic E-state index is 12.5. The monoisotopic (exact) mass is 355 g/mol. The molecule has 4 rings (SSSR count). The molecule has 126 valence electrons. The van der Waals surface area contributed by atoms with Crippen LogP contribution in [0.2, 0.25) is 5.02 Å². The summed E-state index contributed by atoms with van der Waals surface area (Å²) in [6, 6.07) is 12.2. The molecule has 0 atom stereocenters. The summed E-state index contributed by atoms with van der Waals surface area (Å²) in [7, 11) is 0. The number of rotatable bonds is 3. The Morgan fingerprint density at radius 3 is 2.72 bits per heavy atom. The summed E-state index contributed by atoms with van der Waals surface area (Å²) >= 11 is 5.87. The number of aryl methyl sites for hydroxylation is 1. The van der Waals surface area contributed by atoms with E-state index in [9.17, 15) is 4.79 Å². The van der Waals surface area contributed by atoms with Crippen LogP contribution >= 0.6 is 11.6 Å². The van der Waals surface area contributed by atoms with E-state index in [1.54, 1.807) is 24.3 Å². The second-order valence-electron chi connectivity index (χ2n) is 5.60. The van der Waals surface area contributed by atoms with Gasteiger partial charge in [-0.2, -0.15) is 5.10 Å². The summed E-state index contributed by atoms with van der Waals surface area (Å²) < 4.78 is 10.7. The van der Waals surface area contributed by atoms with Crippen molar-refractivity contribution in [1.82, 2.24) is 10.2 Å². The minimum absolute atomic E-state index is 0.207. The molecule has 2 heterocycles. The molecule has 0 bridgehead atoms. The molecule has 1 aliphatic rings. The molecule has 0 unspecified atom stereocenters. The fourth-order valence-electron chi connectivity index (χ4n) is 2.62. The molecule has 2 aromatic carbocycles. The largest absolute Gasteiger partial charge is 0.454 e. The zero-order valence-corrected chi connectivity index (χ0v) is 14.1. The van der Waals surface area contributed by atoms with Crippen LogP contribution in [0.5, 0.6) is 11.5 Å². The van der Waals surface area contributed by atoms with Gasteiger partial charge in [0.1, 0.15) is 5.69 Å². The van der Waals surface area contributed by atoms with Crippen molar-refractivity contribution in [2.24, 2.45) is 0 Å². The molecule has 2 N–H and O–H groups in total. The Hall–Kier alpha value is -2.99. The number of carbonyl (C=O) groups excluding carboxylic acids is 1. The lowest BCUT2D eigenvalue weighted by Crippen LogP contribution is -2.12. The number of nitrogens with one attached hydrogen (secondary N) is 2. The Kier molecular flexibility index (Phi) is 3.82. The Morgan fingerprint density at radius 2 is 1.92 bits per heavy atom. The second-order valence-corrected chi connectivity index (χ2v) is 6.04. The maximum Gasteiger partial charge on any atom is 0.255 e. The molecule has 0 spiro atoms. The summed E-state index contributed by atoms with van der Waals surface area (Å²) in [5, 5.41) is 10.7. The Labute approximate surface area is 148 Å². The van der Waals surface area contributed by atoms with Gasteiger partial charge in [-0.1, -0.05) is 11.6 Å². The van der Waals surface area contributed by atoms with Gasteiger partial charge in [-0.05, 0) is 49.4 Å². The molecule has 0 aliphatic carbocycles. The number of halogens is 1. The van der Waals surface area contributed by atoms with Crippen LogP contribution in [0.3, 0.4) is 0 Å². The molecule has 0 radical (unpaired) electrons. The van der Waals surface area contributed by atoms with E-state index in [1.165, 1.54) is 0 Å². The average molecular weight is 356 g/mol. The van der Waals surface area contributed by atoms with Crippen LogP contribution in [-0.2, 0) is 0 Å². The predicted octanol–water partition coefficient (Wildman–Crippen LogP) is 4.02. The summed E-state index contributed by atoms with van der Waals surface area (Å²) in [6.07, 6.45) is 0. The van der Waals surface area contributed by atoms with Gasteiger partial charge in [-0.3, -0.25) is 9.89 Å². The first kappa shape index (κ1) is 15.5. The second kappa shape index (κ2) is 6.14. The van der Waals surface area contributed by atoms with E-state index in [4.69, 9.17) is 21.1 Å². The fourth-order valence-corrected chi connectivity index (χ4v) is 2.75. The van der Waals surface area contributed by atoms with E-state index in [0.29, 0.717) is 33.5 Å². The number of aromatic amines is 1. The number of hydrogen-bond acceptors (Lipinski definition) is 4. The number of aromatic nitrogens is 2. The highest BCUT2D eigenvalue weighted by atomic mass is 35.5. The number of carbonyl (C=O) groups is 1. The highest BCUT2D eigenvalue weighted by Crippen LogP contribution is 2.38. The van der Waals surface area contributed by atoms with Crippen LogP contribution in [0.15, 0.2) is 42.5 Å². The highest BCUT2D eigenvalue weighted by Gasteiger charge is 2.19. The number of nitrogens with zero attached hydrogens (tertiary/aromatic N) is 1. The van der Waals surface area contributed by atoms with Crippen molar-refractivity contribution in [1.29, 1.82) is 0 Å². The van der Waals surface area contributed by atoms with E-state index < -0.39 is 0 Å². The third kappa shape index (κ3) is 2.92. The standard InChI is InChI=1S/C18H14ClN3O3/c1-10-16(20-18(23)11-2-5-13(19)6-3-11)17(22-21-10)12-4-7-14-15(8-12)25-9-24-14/h2-8H,9H2,1H3,(H,20,23)(H,21,22). The number of hydrogen-bond donors (Lipinski definition) is 2. The van der Waals surface area contributed by atoms with E-state index in [-0.39, 0.29) is 12.7 Å². The fraction of sp³-hybridized carbons (Fsp3) is 0.111. The van der Waals surface area contributed by atoms with Crippen LogP contribution in [0.25, 0.3) is 11.3 Å². The number of amides is 1. The summed E-state index contributed by atoms with van der Waals surface area (Å²) in [4.78, 5) is 12.5. The minimum atomic E-state index is -0.233. The minimum Gasteiger partial charge on any atom is -0.454 e. The molecular weight excluding hydrogens is 342 g/mol. The third-order valence-electron chi connectivity index (χ3n) is 3.94. The number of H-pyrrole nitrogens is 1. The van der Waals surface area contributed by atoms with E-state index in [0.717, 1.165) is 11.3 Å². The molecular formula is C18H14ClN3O3. The molecule has 1 aliphatic heterocycles. The lowest BCUT2D eigenvalue weighted by Gasteiger charge is -2.08. The lowest BCUT2D eigenvalue weighted by molar-refractivity contribution is 0.102. The van der Waals surface area contributed by atoms with Crippen molar-refractivity contribution in [3.8, 4) is 22.8 Å². The van der Waals surface area contributed by atoms with Gasteiger partial charge < -0.3 is 14.8 Å². The van der Waals surface area contributed by atoms with Crippen molar-refractivity contribution in [2.45, 2.75) is 6.92 Å². The van der Waals surface area contributed by atoms with Gasteiger partial charge in [-0.25, -0.2) is 0 Å². The van der Waals surface area contributed by atoms with Crippen molar-refractivity contribution < 1.29 is 14.3 Å². The van der Waals surface area contributed by atoms with Crippen LogP contribution in [-0.4, -0.2) is 22.9 Å². The Morgan fingerprint density at radius 1 is 1.16 bits per heavy atom. The van der Waals surface area contributed by atoms with Gasteiger partial charge in [0.2, 0.25) is 6.79 Å². The van der Waals surface area contributed by atoms with Gasteiger partial charge >= 0.3 is 0 Å². The quantitative estimate of drug-likeness (QED) is 0.744. The highest BCUT2D eigenvalue weighted by molar-refractivity contribution is 6.30.